The van der Waals surface area contributed by atoms with E-state index in [0.717, 1.165) is 44.5 Å². The van der Waals surface area contributed by atoms with Gasteiger partial charge in [0.15, 0.2) is 5.82 Å². The predicted octanol–water partition coefficient (Wildman–Crippen LogP) is 5.79. The van der Waals surface area contributed by atoms with Crippen molar-refractivity contribution in [2.45, 2.75) is 36.4 Å². The van der Waals surface area contributed by atoms with Crippen LogP contribution >= 0.6 is 22.9 Å². The Kier molecular flexibility index (Phi) is 9.22. The molecule has 3 aromatic rings. The summed E-state index contributed by atoms with van der Waals surface area (Å²) in [6.45, 7) is 2.65. The highest BCUT2D eigenvalue weighted by Crippen LogP contribution is 2.38. The molecule has 216 valence electrons. The Morgan fingerprint density at radius 1 is 1.23 bits per heavy atom. The van der Waals surface area contributed by atoms with Crippen LogP contribution in [0.2, 0.25) is 5.02 Å². The van der Waals surface area contributed by atoms with Crippen LogP contribution in [0.15, 0.2) is 52.2 Å². The van der Waals surface area contributed by atoms with E-state index < -0.39 is 32.9 Å². The molecular weight excluding hydrogens is 596 g/mol. The molecule has 5 rings (SSSR count). The van der Waals surface area contributed by atoms with Gasteiger partial charge in [0, 0.05) is 24.5 Å². The Morgan fingerprint density at radius 2 is 1.95 bits per heavy atom. The molecule has 2 atom stereocenters. The average Bonchev–Trinajstić information content (AvgIpc) is 3.64. The summed E-state index contributed by atoms with van der Waals surface area (Å²) in [6, 6.07) is 11.4. The Hall–Kier alpha value is -2.94. The molecule has 2 aromatic carbocycles. The number of aryl methyl sites for hydroxylation is 1. The van der Waals surface area contributed by atoms with Crippen LogP contribution in [0, 0.1) is 11.7 Å². The van der Waals surface area contributed by atoms with Gasteiger partial charge in [-0.05, 0) is 55.0 Å². The number of anilines is 2. The van der Waals surface area contributed by atoms with Crippen molar-refractivity contribution in [1.29, 1.82) is 0 Å². The smallest absolute Gasteiger partial charge is 0.475 e. The lowest BCUT2D eigenvalue weighted by Crippen LogP contribution is -2.26. The molecule has 1 aliphatic heterocycles. The van der Waals surface area contributed by atoms with Gasteiger partial charge in [0.1, 0.15) is 10.7 Å². The number of rotatable bonds is 7. The molecule has 1 fully saturated rings. The third-order valence-corrected chi connectivity index (χ3v) is 8.93. The van der Waals surface area contributed by atoms with E-state index in [9.17, 15) is 26.0 Å². The van der Waals surface area contributed by atoms with Gasteiger partial charge in [0.25, 0.3) is 10.0 Å². The quantitative estimate of drug-likeness (QED) is 0.287. The number of aromatic nitrogens is 1. The molecule has 1 unspecified atom stereocenters. The van der Waals surface area contributed by atoms with Crippen LogP contribution in [-0.4, -0.2) is 55.2 Å². The van der Waals surface area contributed by atoms with Crippen LogP contribution in [-0.2, 0) is 21.2 Å². The van der Waals surface area contributed by atoms with Crippen LogP contribution in [0.1, 0.15) is 30.0 Å². The minimum Gasteiger partial charge on any atom is -0.475 e. The minimum absolute atomic E-state index is 0.147. The molecule has 1 saturated heterocycles. The summed E-state index contributed by atoms with van der Waals surface area (Å²) in [6.07, 6.45) is -1.75. The summed E-state index contributed by atoms with van der Waals surface area (Å²) in [5.41, 5.74) is 4.78. The summed E-state index contributed by atoms with van der Waals surface area (Å²) in [7, 11) is -4.12. The molecule has 40 heavy (non-hydrogen) atoms. The third-order valence-electron chi connectivity index (χ3n) is 6.67. The van der Waals surface area contributed by atoms with Gasteiger partial charge in [0.2, 0.25) is 0 Å². The maximum atomic E-state index is 14.7. The Labute approximate surface area is 237 Å². The van der Waals surface area contributed by atoms with E-state index in [4.69, 9.17) is 21.5 Å². The summed E-state index contributed by atoms with van der Waals surface area (Å²) < 4.78 is 73.8. The van der Waals surface area contributed by atoms with Crippen molar-refractivity contribution in [1.82, 2.24) is 9.88 Å². The molecule has 0 bridgehead atoms. The first kappa shape index (κ1) is 30.0. The summed E-state index contributed by atoms with van der Waals surface area (Å²) in [5.74, 6) is -3.06. The van der Waals surface area contributed by atoms with Crippen LogP contribution < -0.4 is 10.0 Å². The Morgan fingerprint density at radius 3 is 2.62 bits per heavy atom. The van der Waals surface area contributed by atoms with E-state index in [2.05, 4.69) is 44.2 Å². The molecular formula is C25H25ClF4N4O4S2. The first-order valence-electron chi connectivity index (χ1n) is 12.1. The maximum Gasteiger partial charge on any atom is 0.490 e. The van der Waals surface area contributed by atoms with Crippen molar-refractivity contribution >= 4 is 50.4 Å². The number of nitrogens with one attached hydrogen (secondary N) is 2. The van der Waals surface area contributed by atoms with E-state index in [1.807, 2.05) is 0 Å². The van der Waals surface area contributed by atoms with Crippen molar-refractivity contribution in [2.75, 3.05) is 29.7 Å². The zero-order valence-corrected chi connectivity index (χ0v) is 23.2. The van der Waals surface area contributed by atoms with Gasteiger partial charge in [0.05, 0.1) is 16.2 Å². The lowest BCUT2D eigenvalue weighted by Gasteiger charge is -2.25. The topological polar surface area (TPSA) is 112 Å². The number of carbonyl (C=O) groups is 1. The monoisotopic (exact) mass is 620 g/mol. The lowest BCUT2D eigenvalue weighted by atomic mass is 10.1. The highest BCUT2D eigenvalue weighted by atomic mass is 35.5. The van der Waals surface area contributed by atoms with E-state index in [-0.39, 0.29) is 10.8 Å². The van der Waals surface area contributed by atoms with E-state index >= 15 is 0 Å². The number of thiazole rings is 1. The fourth-order valence-electron chi connectivity index (χ4n) is 4.81. The number of fused-ring (bicyclic) bond motifs is 1. The number of hydrogen-bond donors (Lipinski definition) is 3. The number of likely N-dealkylation sites (tertiary alicyclic amines) is 1. The molecule has 0 saturated carbocycles. The zero-order valence-electron chi connectivity index (χ0n) is 20.8. The standard InChI is InChI=1S/C23H24ClFN4O2S2.C2HF3O2/c24-18-9-22(33(30,31)28-23-13-32-14-27-23)19(25)10-20(18)26-11-15-7-8-29(12-15)21-6-5-16-3-1-2-4-17(16)21;3-2(4,5)1(6)7/h1-4,9-10,13-15,21,26,28H,5-8,11-12H2;(H,6,7)/t15?,21-;/m0./s1. The summed E-state index contributed by atoms with van der Waals surface area (Å²) in [4.78, 5) is 14.8. The van der Waals surface area contributed by atoms with Crippen LogP contribution in [0.5, 0.6) is 0 Å². The van der Waals surface area contributed by atoms with Crippen molar-refractivity contribution in [3.8, 4) is 0 Å². The lowest BCUT2D eigenvalue weighted by molar-refractivity contribution is -0.192. The van der Waals surface area contributed by atoms with Crippen molar-refractivity contribution in [2.24, 2.45) is 5.92 Å². The van der Waals surface area contributed by atoms with Crippen molar-refractivity contribution < 1.29 is 35.9 Å². The second kappa shape index (κ2) is 12.3. The third kappa shape index (κ3) is 7.22. The van der Waals surface area contributed by atoms with E-state index in [1.54, 1.807) is 0 Å². The van der Waals surface area contributed by atoms with Gasteiger partial charge >= 0.3 is 12.1 Å². The van der Waals surface area contributed by atoms with Crippen LogP contribution in [0.25, 0.3) is 0 Å². The van der Waals surface area contributed by atoms with Crippen LogP contribution in [0.4, 0.5) is 29.1 Å². The zero-order chi connectivity index (χ0) is 29.1. The first-order chi connectivity index (χ1) is 18.8. The number of halogens is 5. The molecule has 3 N–H and O–H groups in total. The highest BCUT2D eigenvalue weighted by molar-refractivity contribution is 7.92. The van der Waals surface area contributed by atoms with Gasteiger partial charge in [-0.3, -0.25) is 9.62 Å². The van der Waals surface area contributed by atoms with E-state index in [0.29, 0.717) is 24.2 Å². The second-order valence-electron chi connectivity index (χ2n) is 9.33. The molecule has 2 aliphatic rings. The SMILES string of the molecule is O=C(O)C(F)(F)F.O=S(=O)(Nc1cscn1)c1cc(Cl)c(NCC2CCN([C@H]3CCc4ccccc43)C2)cc1F. The fraction of sp³-hybridized carbons (Fsp3) is 0.360. The summed E-state index contributed by atoms with van der Waals surface area (Å²) in [5, 5.41) is 12.0. The number of aliphatic carboxylic acids is 1. The maximum absolute atomic E-state index is 14.7. The number of benzene rings is 2. The first-order valence-corrected chi connectivity index (χ1v) is 14.9. The average molecular weight is 621 g/mol. The molecule has 0 spiro atoms. The van der Waals surface area contributed by atoms with Crippen molar-refractivity contribution in [3.63, 3.8) is 0 Å². The number of nitrogens with zero attached hydrogens (tertiary/aromatic N) is 2. The van der Waals surface area contributed by atoms with Gasteiger partial charge in [-0.15, -0.1) is 11.3 Å². The Balaban J connectivity index is 0.000000470. The highest BCUT2D eigenvalue weighted by Gasteiger charge is 2.38. The van der Waals surface area contributed by atoms with E-state index in [1.165, 1.54) is 33.4 Å². The molecule has 1 aromatic heterocycles. The number of carboxylic acids is 1. The van der Waals surface area contributed by atoms with Gasteiger partial charge < -0.3 is 10.4 Å². The second-order valence-corrected chi connectivity index (χ2v) is 12.1. The molecule has 0 amide bonds. The normalized spacial score (nSPS) is 19.0. The molecule has 2 heterocycles. The van der Waals surface area contributed by atoms with Crippen LogP contribution in [0.3, 0.4) is 0 Å². The number of alkyl halides is 3. The van der Waals surface area contributed by atoms with Gasteiger partial charge in [-0.2, -0.15) is 13.2 Å². The number of carboxylic acid groups (broad SMARTS) is 1. The van der Waals surface area contributed by atoms with Gasteiger partial charge in [-0.1, -0.05) is 35.9 Å². The molecule has 0 radical (unpaired) electrons. The molecule has 15 heteroatoms. The van der Waals surface area contributed by atoms with Crippen molar-refractivity contribution in [3.05, 3.63) is 69.3 Å². The largest absolute Gasteiger partial charge is 0.490 e. The number of sulfonamides is 1. The number of hydrogen-bond acceptors (Lipinski definition) is 7. The minimum atomic E-state index is -5.08. The predicted molar refractivity (Wildman–Crippen MR) is 144 cm³/mol. The molecule has 8 nitrogen and oxygen atoms in total. The summed E-state index contributed by atoms with van der Waals surface area (Å²) >= 11 is 7.56. The Bertz CT molecular complexity index is 1460. The van der Waals surface area contributed by atoms with Gasteiger partial charge in [-0.25, -0.2) is 22.6 Å². The fourth-order valence-corrected chi connectivity index (χ4v) is 6.75. The molecule has 1 aliphatic carbocycles.